The van der Waals surface area contributed by atoms with E-state index in [1.165, 1.54) is 12.2 Å². The second-order valence-electron chi connectivity index (χ2n) is 4.62. The van der Waals surface area contributed by atoms with Crippen LogP contribution < -0.4 is 10.9 Å². The van der Waals surface area contributed by atoms with Crippen LogP contribution >= 0.6 is 23.4 Å². The molecule has 4 nitrogen and oxygen atoms in total. The first kappa shape index (κ1) is 13.0. The van der Waals surface area contributed by atoms with E-state index in [0.717, 1.165) is 5.75 Å². The lowest BCUT2D eigenvalue weighted by molar-refractivity contribution is 0.545. The molecule has 2 heterocycles. The van der Waals surface area contributed by atoms with Crippen LogP contribution in [0.1, 0.15) is 12.2 Å². The van der Waals surface area contributed by atoms with Gasteiger partial charge < -0.3 is 10.3 Å². The van der Waals surface area contributed by atoms with Gasteiger partial charge >= 0.3 is 0 Å². The maximum Gasteiger partial charge on any atom is 0.258 e. The number of rotatable bonds is 3. The van der Waals surface area contributed by atoms with E-state index in [2.05, 4.69) is 15.3 Å². The second-order valence-corrected chi connectivity index (χ2v) is 6.20. The van der Waals surface area contributed by atoms with E-state index in [-0.39, 0.29) is 5.56 Å². The predicted molar refractivity (Wildman–Crippen MR) is 79.9 cm³/mol. The fraction of sp³-hybridized carbons (Fsp3) is 0.385. The van der Waals surface area contributed by atoms with Crippen molar-refractivity contribution in [2.24, 2.45) is 0 Å². The Balaban J connectivity index is 1.85. The average Bonchev–Trinajstić information content (AvgIpc) is 2.89. The van der Waals surface area contributed by atoms with E-state index >= 15 is 0 Å². The van der Waals surface area contributed by atoms with Crippen molar-refractivity contribution in [2.75, 3.05) is 11.5 Å². The minimum Gasteiger partial charge on any atom is -0.309 e. The van der Waals surface area contributed by atoms with Crippen molar-refractivity contribution in [3.63, 3.8) is 0 Å². The monoisotopic (exact) mass is 295 g/mol. The molecule has 0 saturated carbocycles. The number of nitrogens with zero attached hydrogens (tertiary/aromatic N) is 1. The predicted octanol–water partition coefficient (Wildman–Crippen LogP) is 2.17. The SMILES string of the molecule is O=c1[nH]c(CNC2CCSC2)nc2cc(Cl)ccc12. The molecule has 3 rings (SSSR count). The summed E-state index contributed by atoms with van der Waals surface area (Å²) in [5.74, 6) is 3.00. The van der Waals surface area contributed by atoms with Gasteiger partial charge in [0.05, 0.1) is 17.4 Å². The smallest absolute Gasteiger partial charge is 0.258 e. The minimum absolute atomic E-state index is 0.112. The zero-order valence-corrected chi connectivity index (χ0v) is 11.9. The normalized spacial score (nSPS) is 19.1. The number of halogens is 1. The van der Waals surface area contributed by atoms with Crippen molar-refractivity contribution in [2.45, 2.75) is 19.0 Å². The maximum atomic E-state index is 11.9. The zero-order valence-electron chi connectivity index (χ0n) is 10.3. The summed E-state index contributed by atoms with van der Waals surface area (Å²) in [4.78, 5) is 19.2. The molecule has 1 aliphatic rings. The average molecular weight is 296 g/mol. The summed E-state index contributed by atoms with van der Waals surface area (Å²) < 4.78 is 0. The van der Waals surface area contributed by atoms with Gasteiger partial charge in [-0.25, -0.2) is 4.98 Å². The molecule has 1 aromatic carbocycles. The number of hydrogen-bond acceptors (Lipinski definition) is 4. The van der Waals surface area contributed by atoms with Crippen molar-refractivity contribution in [3.8, 4) is 0 Å². The van der Waals surface area contributed by atoms with Crippen molar-refractivity contribution in [1.29, 1.82) is 0 Å². The molecule has 2 N–H and O–H groups in total. The van der Waals surface area contributed by atoms with Gasteiger partial charge in [-0.05, 0) is 30.4 Å². The van der Waals surface area contributed by atoms with E-state index in [4.69, 9.17) is 11.6 Å². The molecule has 6 heteroatoms. The number of benzene rings is 1. The summed E-state index contributed by atoms with van der Waals surface area (Å²) in [6, 6.07) is 5.65. The standard InChI is InChI=1S/C13H14ClN3OS/c14-8-1-2-10-11(5-8)16-12(17-13(10)18)6-15-9-3-4-19-7-9/h1-2,5,9,15H,3-4,6-7H2,(H,16,17,18). The molecule has 0 amide bonds. The number of H-pyrrole nitrogens is 1. The lowest BCUT2D eigenvalue weighted by Crippen LogP contribution is -2.29. The highest BCUT2D eigenvalue weighted by Gasteiger charge is 2.15. The molecule has 0 spiro atoms. The number of aromatic amines is 1. The Labute approximate surface area is 120 Å². The third kappa shape index (κ3) is 2.94. The summed E-state index contributed by atoms with van der Waals surface area (Å²) in [6.45, 7) is 0.586. The van der Waals surface area contributed by atoms with Gasteiger partial charge in [0, 0.05) is 16.8 Å². The van der Waals surface area contributed by atoms with Crippen molar-refractivity contribution in [3.05, 3.63) is 39.4 Å². The molecule has 1 aromatic heterocycles. The molecule has 19 heavy (non-hydrogen) atoms. The van der Waals surface area contributed by atoms with Crippen LogP contribution in [-0.2, 0) is 6.54 Å². The number of aromatic nitrogens is 2. The van der Waals surface area contributed by atoms with Crippen LogP contribution in [0.4, 0.5) is 0 Å². The third-order valence-electron chi connectivity index (χ3n) is 3.21. The molecule has 0 aliphatic carbocycles. The molecular weight excluding hydrogens is 282 g/mol. The van der Waals surface area contributed by atoms with Crippen LogP contribution in [-0.4, -0.2) is 27.5 Å². The Morgan fingerprint density at radius 1 is 1.53 bits per heavy atom. The summed E-state index contributed by atoms with van der Waals surface area (Å²) in [7, 11) is 0. The highest BCUT2D eigenvalue weighted by Crippen LogP contribution is 2.17. The number of thioether (sulfide) groups is 1. The lowest BCUT2D eigenvalue weighted by atomic mass is 10.2. The Bertz CT molecular complexity index is 652. The summed E-state index contributed by atoms with van der Waals surface area (Å²) in [6.07, 6.45) is 1.17. The van der Waals surface area contributed by atoms with Crippen LogP contribution in [0.3, 0.4) is 0 Å². The molecule has 2 aromatic rings. The first-order chi connectivity index (χ1) is 9.22. The molecule has 0 bridgehead atoms. The first-order valence-corrected chi connectivity index (χ1v) is 7.75. The molecule has 0 radical (unpaired) electrons. The van der Waals surface area contributed by atoms with Crippen LogP contribution in [0.5, 0.6) is 0 Å². The van der Waals surface area contributed by atoms with E-state index < -0.39 is 0 Å². The fourth-order valence-electron chi connectivity index (χ4n) is 2.18. The second kappa shape index (κ2) is 5.53. The van der Waals surface area contributed by atoms with Crippen LogP contribution in [0.15, 0.2) is 23.0 Å². The van der Waals surface area contributed by atoms with Gasteiger partial charge in [-0.3, -0.25) is 4.79 Å². The highest BCUT2D eigenvalue weighted by molar-refractivity contribution is 7.99. The van der Waals surface area contributed by atoms with Gasteiger partial charge in [0.2, 0.25) is 0 Å². The van der Waals surface area contributed by atoms with Gasteiger partial charge in [0.1, 0.15) is 5.82 Å². The molecule has 1 aliphatic heterocycles. The summed E-state index contributed by atoms with van der Waals surface area (Å²) >= 11 is 7.89. The minimum atomic E-state index is -0.112. The van der Waals surface area contributed by atoms with E-state index in [9.17, 15) is 4.79 Å². The van der Waals surface area contributed by atoms with Crippen molar-refractivity contribution in [1.82, 2.24) is 15.3 Å². The van der Waals surface area contributed by atoms with Crippen LogP contribution in [0, 0.1) is 0 Å². The van der Waals surface area contributed by atoms with Gasteiger partial charge in [0.25, 0.3) is 5.56 Å². The molecule has 1 fully saturated rings. The molecule has 1 unspecified atom stereocenters. The third-order valence-corrected chi connectivity index (χ3v) is 4.60. The van der Waals surface area contributed by atoms with Gasteiger partial charge in [0.15, 0.2) is 0 Å². The van der Waals surface area contributed by atoms with E-state index in [0.29, 0.717) is 34.3 Å². The summed E-state index contributed by atoms with van der Waals surface area (Å²) in [5.41, 5.74) is 0.535. The molecule has 1 atom stereocenters. The van der Waals surface area contributed by atoms with E-state index in [1.54, 1.807) is 18.2 Å². The first-order valence-electron chi connectivity index (χ1n) is 6.22. The Kier molecular flexibility index (Phi) is 3.77. The molecule has 100 valence electrons. The largest absolute Gasteiger partial charge is 0.309 e. The topological polar surface area (TPSA) is 57.8 Å². The number of hydrogen-bond donors (Lipinski definition) is 2. The van der Waals surface area contributed by atoms with Crippen molar-refractivity contribution < 1.29 is 0 Å². The lowest BCUT2D eigenvalue weighted by Gasteiger charge is -2.10. The van der Waals surface area contributed by atoms with Gasteiger partial charge in [-0.2, -0.15) is 11.8 Å². The van der Waals surface area contributed by atoms with Gasteiger partial charge in [-0.1, -0.05) is 11.6 Å². The van der Waals surface area contributed by atoms with Gasteiger partial charge in [-0.15, -0.1) is 0 Å². The summed E-state index contributed by atoms with van der Waals surface area (Å²) in [5, 5.41) is 4.59. The zero-order chi connectivity index (χ0) is 13.2. The fourth-order valence-corrected chi connectivity index (χ4v) is 3.53. The molecule has 1 saturated heterocycles. The molecular formula is C13H14ClN3OS. The maximum absolute atomic E-state index is 11.9. The Hall–Kier alpha value is -1.04. The van der Waals surface area contributed by atoms with Crippen LogP contribution in [0.25, 0.3) is 10.9 Å². The van der Waals surface area contributed by atoms with E-state index in [1.807, 2.05) is 11.8 Å². The number of fused-ring (bicyclic) bond motifs is 1. The quantitative estimate of drug-likeness (QED) is 0.911. The highest BCUT2D eigenvalue weighted by atomic mass is 35.5. The van der Waals surface area contributed by atoms with Crippen molar-refractivity contribution >= 4 is 34.3 Å². The Morgan fingerprint density at radius 3 is 3.21 bits per heavy atom. The number of nitrogens with one attached hydrogen (secondary N) is 2. The Morgan fingerprint density at radius 2 is 2.42 bits per heavy atom. The van der Waals surface area contributed by atoms with Crippen LogP contribution in [0.2, 0.25) is 5.02 Å².